The maximum absolute atomic E-state index is 13.5. The van der Waals surface area contributed by atoms with Gasteiger partial charge in [-0.2, -0.15) is 4.99 Å². The smallest absolute Gasteiger partial charge is 0.341 e. The highest BCUT2D eigenvalue weighted by molar-refractivity contribution is 9.11. The van der Waals surface area contributed by atoms with Gasteiger partial charge in [-0.3, -0.25) is 14.0 Å². The predicted molar refractivity (Wildman–Crippen MR) is 149 cm³/mol. The lowest BCUT2D eigenvalue weighted by atomic mass is 10.2. The molecule has 194 valence electrons. The third kappa shape index (κ3) is 6.60. The number of halogens is 1. The number of aromatic nitrogens is 3. The standard InChI is InChI=1S/C28H31BrN4O4/c1-5-8-10-14-20(29)17-23(34)30-26-22(28(36)37-7-3)18-21-25(32(26)15-11-9-6-2)31-24-19(4)13-12-16-33(24)27(21)35/h5,8,10,12-14,16,18H,1,6-7,9,11,15,17H2,2-4H3/b10-8-,20-14+,30-26?. The Bertz CT molecular complexity index is 1530. The summed E-state index contributed by atoms with van der Waals surface area (Å²) in [5.41, 5.74) is 1.59. The van der Waals surface area contributed by atoms with Gasteiger partial charge in [0.25, 0.3) is 11.5 Å². The van der Waals surface area contributed by atoms with Gasteiger partial charge in [-0.15, -0.1) is 0 Å². The molecule has 0 radical (unpaired) electrons. The predicted octanol–water partition coefficient (Wildman–Crippen LogP) is 5.16. The summed E-state index contributed by atoms with van der Waals surface area (Å²) in [4.78, 5) is 48.7. The van der Waals surface area contributed by atoms with Crippen molar-refractivity contribution in [1.29, 1.82) is 0 Å². The molecule has 0 aliphatic heterocycles. The average Bonchev–Trinajstić information content (AvgIpc) is 2.86. The molecule has 0 fully saturated rings. The van der Waals surface area contributed by atoms with E-state index in [0.29, 0.717) is 22.3 Å². The van der Waals surface area contributed by atoms with Gasteiger partial charge in [0, 0.05) is 17.2 Å². The number of hydrogen-bond acceptors (Lipinski definition) is 5. The number of carbonyl (C=O) groups is 2. The number of rotatable bonds is 10. The molecule has 0 N–H and O–H groups in total. The maximum Gasteiger partial charge on any atom is 0.341 e. The summed E-state index contributed by atoms with van der Waals surface area (Å²) < 4.78 is 9.07. The molecule has 3 rings (SSSR count). The molecule has 0 saturated carbocycles. The number of fused-ring (bicyclic) bond motifs is 2. The molecular weight excluding hydrogens is 536 g/mol. The van der Waals surface area contributed by atoms with Gasteiger partial charge in [-0.25, -0.2) is 9.78 Å². The van der Waals surface area contributed by atoms with Gasteiger partial charge < -0.3 is 9.30 Å². The van der Waals surface area contributed by atoms with Crippen molar-refractivity contribution in [3.05, 3.63) is 86.7 Å². The van der Waals surface area contributed by atoms with Crippen LogP contribution in [0.1, 0.15) is 55.5 Å². The van der Waals surface area contributed by atoms with Crippen LogP contribution in [0.4, 0.5) is 0 Å². The quantitative estimate of drug-likeness (QED) is 0.146. The molecule has 0 unspecified atom stereocenters. The summed E-state index contributed by atoms with van der Waals surface area (Å²) in [5.74, 6) is -1.12. The molecule has 0 aliphatic carbocycles. The fraction of sp³-hybridized carbons (Fsp3) is 0.321. The van der Waals surface area contributed by atoms with Gasteiger partial charge >= 0.3 is 5.97 Å². The first-order valence-corrected chi connectivity index (χ1v) is 13.1. The third-order valence-electron chi connectivity index (χ3n) is 5.66. The molecule has 37 heavy (non-hydrogen) atoms. The van der Waals surface area contributed by atoms with Crippen molar-refractivity contribution in [3.8, 4) is 0 Å². The molecule has 0 spiro atoms. The van der Waals surface area contributed by atoms with Gasteiger partial charge in [0.05, 0.1) is 18.4 Å². The topological polar surface area (TPSA) is 95.0 Å². The summed E-state index contributed by atoms with van der Waals surface area (Å²) in [6, 6.07) is 5.09. The third-order valence-corrected chi connectivity index (χ3v) is 6.21. The number of amides is 1. The first-order valence-electron chi connectivity index (χ1n) is 12.3. The minimum absolute atomic E-state index is 0.0103. The van der Waals surface area contributed by atoms with Crippen molar-refractivity contribution >= 4 is 44.5 Å². The summed E-state index contributed by atoms with van der Waals surface area (Å²) in [5, 5.41) is 0.254. The molecule has 9 heteroatoms. The molecule has 1 amide bonds. The molecular formula is C28H31BrN4O4. The van der Waals surface area contributed by atoms with Gasteiger partial charge in [0.1, 0.15) is 16.9 Å². The van der Waals surface area contributed by atoms with Crippen molar-refractivity contribution < 1.29 is 14.3 Å². The van der Waals surface area contributed by atoms with E-state index in [1.165, 1.54) is 10.5 Å². The van der Waals surface area contributed by atoms with E-state index in [1.54, 1.807) is 48.1 Å². The van der Waals surface area contributed by atoms with Crippen molar-refractivity contribution in [3.63, 3.8) is 0 Å². The lowest BCUT2D eigenvalue weighted by Gasteiger charge is -2.15. The Hall–Kier alpha value is -3.59. The van der Waals surface area contributed by atoms with Crippen LogP contribution in [0.15, 0.2) is 69.5 Å². The zero-order chi connectivity index (χ0) is 26.9. The molecule has 0 bridgehead atoms. The fourth-order valence-electron chi connectivity index (χ4n) is 3.90. The Morgan fingerprint density at radius 3 is 2.70 bits per heavy atom. The fourth-order valence-corrected chi connectivity index (χ4v) is 4.29. The van der Waals surface area contributed by atoms with Crippen LogP contribution >= 0.6 is 15.9 Å². The van der Waals surface area contributed by atoms with E-state index in [9.17, 15) is 14.4 Å². The number of hydrogen-bond donors (Lipinski definition) is 0. The Balaban J connectivity index is 2.37. The van der Waals surface area contributed by atoms with Crippen LogP contribution < -0.4 is 11.0 Å². The number of ether oxygens (including phenoxy) is 1. The lowest BCUT2D eigenvalue weighted by Crippen LogP contribution is -2.33. The van der Waals surface area contributed by atoms with Gasteiger partial charge in [-0.05, 0) is 38.0 Å². The molecule has 0 saturated heterocycles. The van der Waals surface area contributed by atoms with Gasteiger partial charge in [0.2, 0.25) is 0 Å². The van der Waals surface area contributed by atoms with Crippen LogP contribution in [-0.4, -0.2) is 32.4 Å². The highest BCUT2D eigenvalue weighted by Crippen LogP contribution is 2.15. The Labute approximate surface area is 223 Å². The van der Waals surface area contributed by atoms with E-state index in [-0.39, 0.29) is 35.0 Å². The zero-order valence-electron chi connectivity index (χ0n) is 21.4. The van der Waals surface area contributed by atoms with Crippen molar-refractivity contribution in [1.82, 2.24) is 14.0 Å². The zero-order valence-corrected chi connectivity index (χ0v) is 23.0. The second kappa shape index (κ2) is 13.1. The van der Waals surface area contributed by atoms with Crippen LogP contribution in [0.5, 0.6) is 0 Å². The van der Waals surface area contributed by atoms with Gasteiger partial charge in [-0.1, -0.05) is 72.6 Å². The van der Waals surface area contributed by atoms with Crippen LogP contribution in [0.3, 0.4) is 0 Å². The number of carbonyl (C=O) groups excluding carboxylic acids is 2. The van der Waals surface area contributed by atoms with Crippen LogP contribution in [0.25, 0.3) is 16.7 Å². The number of unbranched alkanes of at least 4 members (excludes halogenated alkanes) is 2. The summed E-state index contributed by atoms with van der Waals surface area (Å²) in [6.45, 7) is 9.84. The number of allylic oxidation sites excluding steroid dienone is 4. The number of esters is 1. The highest BCUT2D eigenvalue weighted by Gasteiger charge is 2.20. The van der Waals surface area contributed by atoms with E-state index >= 15 is 0 Å². The SMILES string of the molecule is C=C/C=C\C=C(\Br)CC(=O)N=c1c(C(=O)OCC)cc2c(=O)n3cccc(C)c3nc2n1CCCCC. The van der Waals surface area contributed by atoms with E-state index in [0.717, 1.165) is 24.8 Å². The second-order valence-corrected chi connectivity index (χ2v) is 9.43. The minimum Gasteiger partial charge on any atom is -0.462 e. The Morgan fingerprint density at radius 1 is 1.22 bits per heavy atom. The first kappa shape index (κ1) is 28.0. The van der Waals surface area contributed by atoms with E-state index in [2.05, 4.69) is 34.4 Å². The molecule has 3 aromatic rings. The average molecular weight is 567 g/mol. The van der Waals surface area contributed by atoms with Crippen LogP contribution in [0, 0.1) is 6.92 Å². The Morgan fingerprint density at radius 2 is 2.00 bits per heavy atom. The maximum atomic E-state index is 13.5. The molecule has 0 aliphatic rings. The molecule has 0 atom stereocenters. The highest BCUT2D eigenvalue weighted by atomic mass is 79.9. The number of pyridine rings is 2. The molecule has 8 nitrogen and oxygen atoms in total. The summed E-state index contributed by atoms with van der Waals surface area (Å²) in [7, 11) is 0. The van der Waals surface area contributed by atoms with Crippen molar-refractivity contribution in [2.45, 2.75) is 53.0 Å². The Kier molecular flexibility index (Phi) is 9.91. The lowest BCUT2D eigenvalue weighted by molar-refractivity contribution is -0.117. The number of aryl methyl sites for hydroxylation is 2. The monoisotopic (exact) mass is 566 g/mol. The minimum atomic E-state index is -0.655. The van der Waals surface area contributed by atoms with Crippen LogP contribution in [-0.2, 0) is 16.1 Å². The van der Waals surface area contributed by atoms with Crippen molar-refractivity contribution in [2.24, 2.45) is 4.99 Å². The summed E-state index contributed by atoms with van der Waals surface area (Å²) >= 11 is 3.39. The summed E-state index contributed by atoms with van der Waals surface area (Å²) in [6.07, 6.45) is 11.1. The molecule has 3 heterocycles. The largest absolute Gasteiger partial charge is 0.462 e. The van der Waals surface area contributed by atoms with E-state index in [4.69, 9.17) is 9.72 Å². The second-order valence-electron chi connectivity index (χ2n) is 8.42. The normalized spacial score (nSPS) is 12.5. The van der Waals surface area contributed by atoms with E-state index < -0.39 is 11.9 Å². The molecule has 0 aromatic carbocycles. The molecule has 3 aromatic heterocycles. The first-order chi connectivity index (χ1) is 17.8. The van der Waals surface area contributed by atoms with Crippen LogP contribution in [0.2, 0.25) is 0 Å². The van der Waals surface area contributed by atoms with Crippen molar-refractivity contribution in [2.75, 3.05) is 6.61 Å². The number of nitrogens with zero attached hydrogens (tertiary/aromatic N) is 4. The van der Waals surface area contributed by atoms with E-state index in [1.807, 2.05) is 13.0 Å². The van der Waals surface area contributed by atoms with Gasteiger partial charge in [0.15, 0.2) is 5.49 Å².